The van der Waals surface area contributed by atoms with Gasteiger partial charge in [-0.05, 0) is 37.0 Å². The Morgan fingerprint density at radius 3 is 2.12 bits per heavy atom. The Bertz CT molecular complexity index is 239. The Balaban J connectivity index is 2.65. The van der Waals surface area contributed by atoms with Gasteiger partial charge in [0.05, 0.1) is 0 Å². The molecule has 1 atom stereocenters. The summed E-state index contributed by atoms with van der Waals surface area (Å²) in [4.78, 5) is 0. The van der Waals surface area contributed by atoms with Crippen LogP contribution in [-0.2, 0) is 0 Å². The second-order valence-corrected chi connectivity index (χ2v) is 4.89. The highest BCUT2D eigenvalue weighted by atomic mass is 14.3. The van der Waals surface area contributed by atoms with Crippen molar-refractivity contribution in [2.75, 3.05) is 0 Å². The lowest BCUT2D eigenvalue weighted by Gasteiger charge is -2.28. The van der Waals surface area contributed by atoms with Gasteiger partial charge in [-0.2, -0.15) is 0 Å². The molecule has 0 bridgehead atoms. The standard InChI is InChI=1S/C16H27/c1-5-13(6-2)15-10-9-11-16(12-15)14(7-3)8-4/h9-15H,5-8H2,1-4H3. The Morgan fingerprint density at radius 1 is 1.00 bits per heavy atom. The molecule has 1 rings (SSSR count). The third-order valence-electron chi connectivity index (χ3n) is 4.06. The van der Waals surface area contributed by atoms with Crippen LogP contribution in [0.25, 0.3) is 0 Å². The van der Waals surface area contributed by atoms with Crippen LogP contribution in [0.2, 0.25) is 0 Å². The molecule has 0 amide bonds. The highest BCUT2D eigenvalue weighted by Crippen LogP contribution is 2.33. The molecule has 0 heteroatoms. The van der Waals surface area contributed by atoms with Crippen LogP contribution in [-0.4, -0.2) is 0 Å². The molecule has 1 unspecified atom stereocenters. The minimum Gasteiger partial charge on any atom is -0.0805 e. The maximum atomic E-state index is 2.52. The van der Waals surface area contributed by atoms with E-state index in [0.717, 1.165) is 11.8 Å². The van der Waals surface area contributed by atoms with Gasteiger partial charge >= 0.3 is 0 Å². The summed E-state index contributed by atoms with van der Waals surface area (Å²) in [6.45, 7) is 9.22. The van der Waals surface area contributed by atoms with E-state index < -0.39 is 0 Å². The number of hydrogen-bond acceptors (Lipinski definition) is 0. The van der Waals surface area contributed by atoms with Crippen molar-refractivity contribution in [1.82, 2.24) is 0 Å². The molecule has 1 aliphatic carbocycles. The quantitative estimate of drug-likeness (QED) is 0.577. The van der Waals surface area contributed by atoms with Crippen LogP contribution in [0.1, 0.15) is 53.4 Å². The van der Waals surface area contributed by atoms with Crippen molar-refractivity contribution < 1.29 is 0 Å². The summed E-state index contributed by atoms with van der Waals surface area (Å²) >= 11 is 0. The minimum atomic E-state index is 0.676. The van der Waals surface area contributed by atoms with E-state index in [0.29, 0.717) is 5.92 Å². The maximum absolute atomic E-state index is 2.52. The van der Waals surface area contributed by atoms with E-state index in [2.05, 4.69) is 52.3 Å². The van der Waals surface area contributed by atoms with Crippen LogP contribution in [0, 0.1) is 24.2 Å². The highest BCUT2D eigenvalue weighted by molar-refractivity contribution is 5.31. The summed E-state index contributed by atoms with van der Waals surface area (Å²) in [5, 5.41) is 0. The van der Waals surface area contributed by atoms with Gasteiger partial charge in [-0.1, -0.05) is 64.3 Å². The monoisotopic (exact) mass is 219 g/mol. The van der Waals surface area contributed by atoms with Crippen molar-refractivity contribution in [3.8, 4) is 0 Å². The van der Waals surface area contributed by atoms with Crippen LogP contribution >= 0.6 is 0 Å². The fraction of sp³-hybridized carbons (Fsp3) is 0.688. The van der Waals surface area contributed by atoms with Gasteiger partial charge in [-0.3, -0.25) is 0 Å². The van der Waals surface area contributed by atoms with Crippen molar-refractivity contribution >= 4 is 0 Å². The Kier molecular flexibility index (Phi) is 5.87. The molecule has 0 aromatic carbocycles. The van der Waals surface area contributed by atoms with Gasteiger partial charge in [0.15, 0.2) is 0 Å². The molecule has 0 aliphatic heterocycles. The molecule has 0 N–H and O–H groups in total. The molecule has 0 nitrogen and oxygen atoms in total. The van der Waals surface area contributed by atoms with Gasteiger partial charge in [0, 0.05) is 0 Å². The molecule has 0 aromatic heterocycles. The minimum absolute atomic E-state index is 0.676. The third-order valence-corrected chi connectivity index (χ3v) is 4.06. The van der Waals surface area contributed by atoms with Gasteiger partial charge in [-0.25, -0.2) is 0 Å². The second kappa shape index (κ2) is 6.93. The van der Waals surface area contributed by atoms with Gasteiger partial charge < -0.3 is 0 Å². The summed E-state index contributed by atoms with van der Waals surface area (Å²) in [7, 11) is 0. The fourth-order valence-electron chi connectivity index (χ4n) is 2.79. The predicted octanol–water partition coefficient (Wildman–Crippen LogP) is 5.18. The summed E-state index contributed by atoms with van der Waals surface area (Å²) < 4.78 is 0. The molecule has 1 aliphatic rings. The summed E-state index contributed by atoms with van der Waals surface area (Å²) in [5.74, 6) is 2.27. The molecule has 0 fully saturated rings. The lowest BCUT2D eigenvalue weighted by atomic mass is 9.77. The molecule has 0 saturated carbocycles. The van der Waals surface area contributed by atoms with E-state index in [9.17, 15) is 0 Å². The number of allylic oxidation sites excluding steroid dienone is 4. The van der Waals surface area contributed by atoms with Crippen molar-refractivity contribution in [1.29, 1.82) is 0 Å². The van der Waals surface area contributed by atoms with E-state index in [4.69, 9.17) is 0 Å². The van der Waals surface area contributed by atoms with Gasteiger partial charge in [0.2, 0.25) is 0 Å². The van der Waals surface area contributed by atoms with E-state index >= 15 is 0 Å². The molecule has 0 spiro atoms. The lowest BCUT2D eigenvalue weighted by Crippen LogP contribution is -2.17. The SMILES string of the molecule is CCC(CC)C1=CC=CC(C(CC)CC)[CH]1. The van der Waals surface area contributed by atoms with E-state index in [1.807, 2.05) is 0 Å². The highest BCUT2D eigenvalue weighted by Gasteiger charge is 2.22. The van der Waals surface area contributed by atoms with Gasteiger partial charge in [0.1, 0.15) is 0 Å². The number of rotatable bonds is 6. The molecule has 0 aromatic rings. The predicted molar refractivity (Wildman–Crippen MR) is 73.2 cm³/mol. The summed E-state index contributed by atoms with van der Waals surface area (Å²) in [6, 6.07) is 0. The topological polar surface area (TPSA) is 0 Å². The van der Waals surface area contributed by atoms with E-state index in [1.54, 1.807) is 5.57 Å². The Labute approximate surface area is 102 Å². The van der Waals surface area contributed by atoms with Crippen molar-refractivity contribution in [2.24, 2.45) is 17.8 Å². The average molecular weight is 219 g/mol. The van der Waals surface area contributed by atoms with Crippen molar-refractivity contribution in [2.45, 2.75) is 53.4 Å². The van der Waals surface area contributed by atoms with E-state index in [-0.39, 0.29) is 0 Å². The normalized spacial score (nSPS) is 20.6. The molecule has 16 heavy (non-hydrogen) atoms. The first kappa shape index (κ1) is 13.5. The first-order valence-electron chi connectivity index (χ1n) is 6.99. The Morgan fingerprint density at radius 2 is 1.62 bits per heavy atom. The zero-order chi connectivity index (χ0) is 12.0. The molecule has 1 radical (unpaired) electrons. The zero-order valence-corrected chi connectivity index (χ0v) is 11.4. The molecular formula is C16H27. The average Bonchev–Trinajstić information content (AvgIpc) is 2.33. The molecule has 0 heterocycles. The summed E-state index contributed by atoms with van der Waals surface area (Å²) in [6.07, 6.45) is 14.6. The Hall–Kier alpha value is -0.520. The smallest absolute Gasteiger partial charge is 0.00600 e. The van der Waals surface area contributed by atoms with Gasteiger partial charge in [-0.15, -0.1) is 0 Å². The maximum Gasteiger partial charge on any atom is -0.00600 e. The largest absolute Gasteiger partial charge is 0.0805 e. The van der Waals surface area contributed by atoms with Crippen LogP contribution in [0.4, 0.5) is 0 Å². The van der Waals surface area contributed by atoms with Crippen LogP contribution in [0.3, 0.4) is 0 Å². The second-order valence-electron chi connectivity index (χ2n) is 4.89. The first-order chi connectivity index (χ1) is 7.76. The van der Waals surface area contributed by atoms with Gasteiger partial charge in [0.25, 0.3) is 0 Å². The van der Waals surface area contributed by atoms with E-state index in [1.165, 1.54) is 25.7 Å². The third kappa shape index (κ3) is 3.23. The van der Waals surface area contributed by atoms with Crippen LogP contribution in [0.15, 0.2) is 23.8 Å². The molecule has 91 valence electrons. The molecular weight excluding hydrogens is 192 g/mol. The number of hydrogen-bond donors (Lipinski definition) is 0. The van der Waals surface area contributed by atoms with Crippen LogP contribution in [0.5, 0.6) is 0 Å². The lowest BCUT2D eigenvalue weighted by molar-refractivity contribution is 0.400. The summed E-state index contributed by atoms with van der Waals surface area (Å²) in [5.41, 5.74) is 1.57. The van der Waals surface area contributed by atoms with Crippen molar-refractivity contribution in [3.05, 3.63) is 30.2 Å². The fourth-order valence-corrected chi connectivity index (χ4v) is 2.79. The van der Waals surface area contributed by atoms with Crippen LogP contribution < -0.4 is 0 Å². The van der Waals surface area contributed by atoms with Crippen molar-refractivity contribution in [3.63, 3.8) is 0 Å². The first-order valence-corrected chi connectivity index (χ1v) is 6.99. The molecule has 0 saturated heterocycles. The zero-order valence-electron chi connectivity index (χ0n) is 11.4.